The van der Waals surface area contributed by atoms with Gasteiger partial charge in [-0.25, -0.2) is 0 Å². The number of carbonyl (C=O) groups excluding carboxylic acids is 1. The van der Waals surface area contributed by atoms with Gasteiger partial charge in [0, 0.05) is 4.91 Å². The minimum atomic E-state index is -2.35. The SMILES string of the molecule is COc1ccc(CO[C@@H](CN=[N+]=[N-])[C@H](C)C(=O)O[Si](C(C)C)(C(C)C)C(C)C)cc1. The summed E-state index contributed by atoms with van der Waals surface area (Å²) in [5.74, 6) is -0.0545. The van der Waals surface area contributed by atoms with Gasteiger partial charge in [-0.3, -0.25) is 4.79 Å². The smallest absolute Gasteiger partial charge is 0.298 e. The summed E-state index contributed by atoms with van der Waals surface area (Å²) in [6.45, 7) is 15.0. The first kappa shape index (κ1) is 26.0. The first-order valence-corrected chi connectivity index (χ1v) is 12.7. The maximum atomic E-state index is 13.2. The average Bonchev–Trinajstić information content (AvgIpc) is 2.70. The molecule has 0 aliphatic heterocycles. The highest BCUT2D eigenvalue weighted by Crippen LogP contribution is 2.42. The third-order valence-corrected chi connectivity index (χ3v) is 11.8. The normalized spacial score (nSPS) is 13.8. The van der Waals surface area contributed by atoms with Crippen LogP contribution in [-0.4, -0.2) is 34.0 Å². The first-order valence-electron chi connectivity index (χ1n) is 10.6. The number of nitrogens with zero attached hydrogens (tertiary/aromatic N) is 3. The van der Waals surface area contributed by atoms with E-state index in [-0.39, 0.29) is 12.5 Å². The van der Waals surface area contributed by atoms with E-state index in [2.05, 4.69) is 51.6 Å². The molecule has 2 atom stereocenters. The highest BCUT2D eigenvalue weighted by atomic mass is 28.4. The zero-order chi connectivity index (χ0) is 22.9. The van der Waals surface area contributed by atoms with Crippen LogP contribution in [0.15, 0.2) is 29.4 Å². The third-order valence-electron chi connectivity index (χ3n) is 5.86. The molecule has 0 fully saturated rings. The van der Waals surface area contributed by atoms with Gasteiger partial charge < -0.3 is 13.9 Å². The molecule has 0 aliphatic carbocycles. The second-order valence-corrected chi connectivity index (χ2v) is 14.0. The van der Waals surface area contributed by atoms with Gasteiger partial charge in [-0.15, -0.1) is 0 Å². The number of hydrogen-bond donors (Lipinski definition) is 0. The lowest BCUT2D eigenvalue weighted by molar-refractivity contribution is -0.145. The van der Waals surface area contributed by atoms with Gasteiger partial charge in [0.15, 0.2) is 0 Å². The predicted molar refractivity (Wildman–Crippen MR) is 122 cm³/mol. The number of rotatable bonds is 12. The number of azide groups is 1. The molecule has 1 aromatic carbocycles. The molecule has 0 saturated carbocycles. The van der Waals surface area contributed by atoms with Crippen LogP contribution in [0, 0.1) is 5.92 Å². The van der Waals surface area contributed by atoms with E-state index in [4.69, 9.17) is 19.4 Å². The maximum absolute atomic E-state index is 13.2. The summed E-state index contributed by atoms with van der Waals surface area (Å²) in [5, 5.41) is 3.66. The van der Waals surface area contributed by atoms with Crippen LogP contribution in [0.25, 0.3) is 10.4 Å². The van der Waals surface area contributed by atoms with E-state index in [9.17, 15) is 4.79 Å². The molecule has 0 aliphatic rings. The van der Waals surface area contributed by atoms with E-state index in [1.165, 1.54) is 0 Å². The average molecular weight is 436 g/mol. The number of hydrogen-bond acceptors (Lipinski definition) is 5. The van der Waals surface area contributed by atoms with Crippen LogP contribution in [0.2, 0.25) is 16.6 Å². The van der Waals surface area contributed by atoms with E-state index in [1.807, 2.05) is 24.3 Å². The molecule has 30 heavy (non-hydrogen) atoms. The van der Waals surface area contributed by atoms with Crippen molar-refractivity contribution >= 4 is 14.3 Å². The lowest BCUT2D eigenvalue weighted by Gasteiger charge is -2.42. The molecule has 0 amide bonds. The fourth-order valence-corrected chi connectivity index (χ4v) is 9.41. The Labute approximate surface area is 181 Å². The largest absolute Gasteiger partial charge is 0.518 e. The fraction of sp³-hybridized carbons (Fsp3) is 0.682. The molecule has 168 valence electrons. The zero-order valence-corrected chi connectivity index (χ0v) is 20.6. The van der Waals surface area contributed by atoms with Crippen LogP contribution < -0.4 is 4.74 Å². The lowest BCUT2D eigenvalue weighted by Crippen LogP contribution is -2.51. The molecule has 0 N–H and O–H groups in total. The molecule has 1 aromatic rings. The Morgan fingerprint density at radius 3 is 2.00 bits per heavy atom. The van der Waals surface area contributed by atoms with E-state index in [1.54, 1.807) is 14.0 Å². The van der Waals surface area contributed by atoms with Gasteiger partial charge in [0.2, 0.25) is 0 Å². The standard InChI is InChI=1S/C22H37N3O4Si/c1-15(2)30(16(3)4,17(5)6)29-22(26)18(7)21(13-24-25-23)28-14-19-9-11-20(27-8)12-10-19/h9-12,15-18,21H,13-14H2,1-8H3/t18-,21-/m0/s1. The lowest BCUT2D eigenvalue weighted by atomic mass is 10.1. The molecule has 0 saturated heterocycles. The number of carbonyl (C=O) groups is 1. The maximum Gasteiger partial charge on any atom is 0.298 e. The quantitative estimate of drug-likeness (QED) is 0.168. The molecule has 0 aromatic heterocycles. The molecule has 1 rings (SSSR count). The highest BCUT2D eigenvalue weighted by molar-refractivity contribution is 6.78. The Hall–Kier alpha value is -2.02. The molecule has 0 bridgehead atoms. The Kier molecular flexibility index (Phi) is 10.4. The summed E-state index contributed by atoms with van der Waals surface area (Å²) in [6.07, 6.45) is -0.561. The van der Waals surface area contributed by atoms with Gasteiger partial charge in [-0.1, -0.05) is 58.8 Å². The molecule has 0 heterocycles. The van der Waals surface area contributed by atoms with Crippen LogP contribution in [-0.2, 0) is 20.6 Å². The van der Waals surface area contributed by atoms with Crippen molar-refractivity contribution in [2.24, 2.45) is 11.0 Å². The van der Waals surface area contributed by atoms with Crippen LogP contribution in [0.4, 0.5) is 0 Å². The summed E-state index contributed by atoms with van der Waals surface area (Å²) in [6, 6.07) is 7.51. The Bertz CT molecular complexity index is 694. The molecular formula is C22H37N3O4Si. The first-order chi connectivity index (χ1) is 14.1. The van der Waals surface area contributed by atoms with Crippen LogP contribution >= 0.6 is 0 Å². The van der Waals surface area contributed by atoms with Crippen molar-refractivity contribution in [3.63, 3.8) is 0 Å². The third kappa shape index (κ3) is 6.49. The van der Waals surface area contributed by atoms with Crippen molar-refractivity contribution in [3.8, 4) is 5.75 Å². The summed E-state index contributed by atoms with van der Waals surface area (Å²) in [5.41, 5.74) is 10.6. The zero-order valence-electron chi connectivity index (χ0n) is 19.6. The van der Waals surface area contributed by atoms with E-state index in [0.717, 1.165) is 11.3 Å². The minimum Gasteiger partial charge on any atom is -0.518 e. The molecule has 0 spiro atoms. The Balaban J connectivity index is 2.97. The van der Waals surface area contributed by atoms with Crippen molar-refractivity contribution in [1.29, 1.82) is 0 Å². The second kappa shape index (κ2) is 12.0. The van der Waals surface area contributed by atoms with Gasteiger partial charge in [0.1, 0.15) is 5.75 Å². The fourth-order valence-electron chi connectivity index (χ4n) is 4.17. The van der Waals surface area contributed by atoms with Gasteiger partial charge in [-0.2, -0.15) is 0 Å². The molecule has 8 heteroatoms. The molecular weight excluding hydrogens is 398 g/mol. The molecule has 7 nitrogen and oxygen atoms in total. The van der Waals surface area contributed by atoms with Crippen LogP contribution in [0.5, 0.6) is 5.75 Å². The summed E-state index contributed by atoms with van der Waals surface area (Å²) < 4.78 is 17.5. The van der Waals surface area contributed by atoms with Crippen molar-refractivity contribution in [1.82, 2.24) is 0 Å². The van der Waals surface area contributed by atoms with E-state index in [0.29, 0.717) is 23.2 Å². The Morgan fingerprint density at radius 1 is 1.03 bits per heavy atom. The summed E-state index contributed by atoms with van der Waals surface area (Å²) in [7, 11) is -0.736. The summed E-state index contributed by atoms with van der Waals surface area (Å²) >= 11 is 0. The number of benzene rings is 1. The van der Waals surface area contributed by atoms with Crippen LogP contribution in [0.3, 0.4) is 0 Å². The van der Waals surface area contributed by atoms with E-state index >= 15 is 0 Å². The molecule has 0 radical (unpaired) electrons. The second-order valence-electron chi connectivity index (χ2n) is 8.64. The molecule has 0 unspecified atom stereocenters. The highest BCUT2D eigenvalue weighted by Gasteiger charge is 2.49. The van der Waals surface area contributed by atoms with Gasteiger partial charge in [0.25, 0.3) is 14.3 Å². The number of ether oxygens (including phenoxy) is 2. The monoisotopic (exact) mass is 435 g/mol. The van der Waals surface area contributed by atoms with Crippen molar-refractivity contribution in [2.45, 2.75) is 77.8 Å². The Morgan fingerprint density at radius 2 is 1.57 bits per heavy atom. The van der Waals surface area contributed by atoms with Crippen molar-refractivity contribution in [2.75, 3.05) is 13.7 Å². The summed E-state index contributed by atoms with van der Waals surface area (Å²) in [4.78, 5) is 16.0. The minimum absolute atomic E-state index is 0.0719. The number of methoxy groups -OCH3 is 1. The van der Waals surface area contributed by atoms with Crippen molar-refractivity contribution < 1.29 is 18.7 Å². The van der Waals surface area contributed by atoms with Gasteiger partial charge >= 0.3 is 0 Å². The van der Waals surface area contributed by atoms with Crippen LogP contribution in [0.1, 0.15) is 54.0 Å². The predicted octanol–water partition coefficient (Wildman–Crippen LogP) is 6.25. The van der Waals surface area contributed by atoms with Crippen molar-refractivity contribution in [3.05, 3.63) is 40.3 Å². The van der Waals surface area contributed by atoms with E-state index < -0.39 is 20.3 Å². The van der Waals surface area contributed by atoms with Gasteiger partial charge in [-0.05, 0) is 46.8 Å². The topological polar surface area (TPSA) is 93.5 Å². The van der Waals surface area contributed by atoms with Gasteiger partial charge in [0.05, 0.1) is 32.3 Å².